The lowest BCUT2D eigenvalue weighted by Crippen LogP contribution is -2.15. The average molecular weight is 390 g/mol. The molecular formula is C19H17F3N4O2. The van der Waals surface area contributed by atoms with Gasteiger partial charge in [0.1, 0.15) is 11.4 Å². The summed E-state index contributed by atoms with van der Waals surface area (Å²) in [4.78, 5) is 12.5. The number of halogens is 3. The summed E-state index contributed by atoms with van der Waals surface area (Å²) in [6, 6.07) is 9.86. The fraction of sp³-hybridized carbons (Fsp3) is 0.211. The number of methoxy groups -OCH3 is 1. The Bertz CT molecular complexity index is 1030. The summed E-state index contributed by atoms with van der Waals surface area (Å²) in [6.07, 6.45) is -4.50. The quantitative estimate of drug-likeness (QED) is 0.726. The Balaban J connectivity index is 1.91. The van der Waals surface area contributed by atoms with E-state index in [9.17, 15) is 18.0 Å². The second-order valence-electron chi connectivity index (χ2n) is 6.14. The Morgan fingerprint density at radius 1 is 1.14 bits per heavy atom. The molecule has 3 aromatic rings. The van der Waals surface area contributed by atoms with E-state index < -0.39 is 17.6 Å². The van der Waals surface area contributed by atoms with Crippen molar-refractivity contribution in [2.75, 3.05) is 12.4 Å². The van der Waals surface area contributed by atoms with Crippen LogP contribution >= 0.6 is 0 Å². The number of alkyl halides is 3. The highest BCUT2D eigenvalue weighted by Crippen LogP contribution is 2.31. The highest BCUT2D eigenvalue weighted by Gasteiger charge is 2.30. The van der Waals surface area contributed by atoms with Crippen LogP contribution < -0.4 is 10.1 Å². The van der Waals surface area contributed by atoms with Crippen LogP contribution in [0.15, 0.2) is 42.5 Å². The molecule has 0 bridgehead atoms. The summed E-state index contributed by atoms with van der Waals surface area (Å²) in [5.74, 6) is -0.113. The summed E-state index contributed by atoms with van der Waals surface area (Å²) in [7, 11) is 1.52. The molecule has 0 atom stereocenters. The predicted molar refractivity (Wildman–Crippen MR) is 96.8 cm³/mol. The minimum atomic E-state index is -4.50. The first-order valence-corrected chi connectivity index (χ1v) is 8.26. The second kappa shape index (κ2) is 7.34. The second-order valence-corrected chi connectivity index (χ2v) is 6.14. The summed E-state index contributed by atoms with van der Waals surface area (Å²) in [5, 5.41) is 10.3. The molecule has 1 heterocycles. The summed E-state index contributed by atoms with van der Waals surface area (Å²) in [6.45, 7) is 3.54. The number of nitrogens with one attached hydrogen (secondary N) is 1. The van der Waals surface area contributed by atoms with Crippen LogP contribution in [0.5, 0.6) is 5.75 Å². The smallest absolute Gasteiger partial charge is 0.416 e. The zero-order valence-corrected chi connectivity index (χ0v) is 15.3. The maximum atomic E-state index is 12.8. The van der Waals surface area contributed by atoms with Crippen molar-refractivity contribution in [3.63, 3.8) is 0 Å². The maximum Gasteiger partial charge on any atom is 0.416 e. The van der Waals surface area contributed by atoms with Gasteiger partial charge in [0.25, 0.3) is 5.91 Å². The number of aromatic nitrogens is 3. The van der Waals surface area contributed by atoms with E-state index >= 15 is 0 Å². The SMILES string of the molecule is COc1ccc(C)cc1-n1nnc(C(=O)Nc2cccc(C(F)(F)F)c2)c1C. The molecule has 1 amide bonds. The minimum absolute atomic E-state index is 0.000899. The third-order valence-corrected chi connectivity index (χ3v) is 4.12. The lowest BCUT2D eigenvalue weighted by molar-refractivity contribution is -0.137. The van der Waals surface area contributed by atoms with Crippen molar-refractivity contribution in [3.05, 3.63) is 65.0 Å². The number of carbonyl (C=O) groups excluding carboxylic acids is 1. The van der Waals surface area contributed by atoms with Gasteiger partial charge in [-0.3, -0.25) is 4.79 Å². The van der Waals surface area contributed by atoms with Gasteiger partial charge >= 0.3 is 6.18 Å². The van der Waals surface area contributed by atoms with Gasteiger partial charge < -0.3 is 10.1 Å². The molecule has 146 valence electrons. The largest absolute Gasteiger partial charge is 0.494 e. The first kappa shape index (κ1) is 19.4. The molecule has 0 fully saturated rings. The standard InChI is InChI=1S/C19H17F3N4O2/c1-11-7-8-16(28-3)15(9-11)26-12(2)17(24-25-26)18(27)23-14-6-4-5-13(10-14)19(20,21)22/h4-10H,1-3H3,(H,23,27). The minimum Gasteiger partial charge on any atom is -0.494 e. The van der Waals surface area contributed by atoms with Crippen LogP contribution in [-0.2, 0) is 6.18 Å². The number of ether oxygens (including phenoxy) is 1. The van der Waals surface area contributed by atoms with Crippen LogP contribution in [0, 0.1) is 13.8 Å². The van der Waals surface area contributed by atoms with Crippen molar-refractivity contribution in [2.24, 2.45) is 0 Å². The van der Waals surface area contributed by atoms with E-state index in [4.69, 9.17) is 4.74 Å². The highest BCUT2D eigenvalue weighted by molar-refractivity contribution is 6.03. The van der Waals surface area contributed by atoms with Gasteiger partial charge in [-0.15, -0.1) is 5.10 Å². The van der Waals surface area contributed by atoms with Crippen LogP contribution in [0.4, 0.5) is 18.9 Å². The van der Waals surface area contributed by atoms with Crippen molar-refractivity contribution in [3.8, 4) is 11.4 Å². The van der Waals surface area contributed by atoms with Gasteiger partial charge in [0.2, 0.25) is 0 Å². The number of aryl methyl sites for hydroxylation is 1. The Morgan fingerprint density at radius 2 is 1.89 bits per heavy atom. The molecule has 0 saturated carbocycles. The molecule has 0 radical (unpaired) electrons. The van der Waals surface area contributed by atoms with Crippen molar-refractivity contribution in [1.29, 1.82) is 0 Å². The average Bonchev–Trinajstić information content (AvgIpc) is 3.02. The monoisotopic (exact) mass is 390 g/mol. The zero-order chi connectivity index (χ0) is 20.5. The molecular weight excluding hydrogens is 373 g/mol. The van der Waals surface area contributed by atoms with Crippen molar-refractivity contribution < 1.29 is 22.7 Å². The number of hydrogen-bond donors (Lipinski definition) is 1. The van der Waals surface area contributed by atoms with E-state index in [2.05, 4.69) is 15.6 Å². The van der Waals surface area contributed by atoms with Crippen molar-refractivity contribution >= 4 is 11.6 Å². The number of amides is 1. The van der Waals surface area contributed by atoms with E-state index in [-0.39, 0.29) is 11.4 Å². The van der Waals surface area contributed by atoms with Crippen LogP contribution in [0.3, 0.4) is 0 Å². The predicted octanol–water partition coefficient (Wildman–Crippen LogP) is 4.16. The normalized spacial score (nSPS) is 11.4. The van der Waals surface area contributed by atoms with Crippen molar-refractivity contribution in [1.82, 2.24) is 15.0 Å². The molecule has 1 aromatic heterocycles. The summed E-state index contributed by atoms with van der Waals surface area (Å²) >= 11 is 0. The van der Waals surface area contributed by atoms with Crippen LogP contribution in [-0.4, -0.2) is 28.0 Å². The lowest BCUT2D eigenvalue weighted by atomic mass is 10.2. The molecule has 9 heteroatoms. The van der Waals surface area contributed by atoms with E-state index in [1.54, 1.807) is 13.0 Å². The molecule has 28 heavy (non-hydrogen) atoms. The molecule has 1 N–H and O–H groups in total. The fourth-order valence-electron chi connectivity index (χ4n) is 2.70. The Hall–Kier alpha value is -3.36. The van der Waals surface area contributed by atoms with Crippen LogP contribution in [0.1, 0.15) is 27.3 Å². The Labute approximate surface area is 158 Å². The van der Waals surface area contributed by atoms with Crippen LogP contribution in [0.2, 0.25) is 0 Å². The van der Waals surface area contributed by atoms with E-state index in [1.165, 1.54) is 23.9 Å². The molecule has 0 aliphatic carbocycles. The number of anilines is 1. The molecule has 6 nitrogen and oxygen atoms in total. The first-order valence-electron chi connectivity index (χ1n) is 8.26. The third-order valence-electron chi connectivity index (χ3n) is 4.12. The molecule has 3 rings (SSSR count). The number of carbonyl (C=O) groups is 1. The maximum absolute atomic E-state index is 12.8. The highest BCUT2D eigenvalue weighted by atomic mass is 19.4. The van der Waals surface area contributed by atoms with Crippen LogP contribution in [0.25, 0.3) is 5.69 Å². The van der Waals surface area contributed by atoms with E-state index in [1.807, 2.05) is 19.1 Å². The van der Waals surface area contributed by atoms with E-state index in [0.29, 0.717) is 17.1 Å². The lowest BCUT2D eigenvalue weighted by Gasteiger charge is -2.11. The molecule has 0 aliphatic rings. The molecule has 0 saturated heterocycles. The number of nitrogens with zero attached hydrogens (tertiary/aromatic N) is 3. The van der Waals surface area contributed by atoms with Gasteiger partial charge in [0.05, 0.1) is 18.4 Å². The van der Waals surface area contributed by atoms with Crippen molar-refractivity contribution in [2.45, 2.75) is 20.0 Å². The first-order chi connectivity index (χ1) is 13.2. The topological polar surface area (TPSA) is 69.0 Å². The number of benzene rings is 2. The van der Waals surface area contributed by atoms with Gasteiger partial charge in [0.15, 0.2) is 5.69 Å². The summed E-state index contributed by atoms with van der Waals surface area (Å²) < 4.78 is 45.3. The molecule has 2 aromatic carbocycles. The Kier molecular flexibility index (Phi) is 5.08. The molecule has 0 aliphatic heterocycles. The molecule has 0 unspecified atom stereocenters. The summed E-state index contributed by atoms with van der Waals surface area (Å²) in [5.41, 5.74) is 1.15. The Morgan fingerprint density at radius 3 is 2.57 bits per heavy atom. The number of hydrogen-bond acceptors (Lipinski definition) is 4. The zero-order valence-electron chi connectivity index (χ0n) is 15.3. The van der Waals surface area contributed by atoms with Gasteiger partial charge in [0, 0.05) is 5.69 Å². The van der Waals surface area contributed by atoms with Gasteiger partial charge in [-0.1, -0.05) is 17.3 Å². The third kappa shape index (κ3) is 3.83. The van der Waals surface area contributed by atoms with Gasteiger partial charge in [-0.05, 0) is 49.7 Å². The van der Waals surface area contributed by atoms with Gasteiger partial charge in [-0.25, -0.2) is 4.68 Å². The van der Waals surface area contributed by atoms with Gasteiger partial charge in [-0.2, -0.15) is 13.2 Å². The fourth-order valence-corrected chi connectivity index (χ4v) is 2.70. The van der Waals surface area contributed by atoms with E-state index in [0.717, 1.165) is 17.7 Å². The number of rotatable bonds is 4. The molecule has 0 spiro atoms.